The summed E-state index contributed by atoms with van der Waals surface area (Å²) in [6.07, 6.45) is 3.27. The summed E-state index contributed by atoms with van der Waals surface area (Å²) >= 11 is 4.35. The van der Waals surface area contributed by atoms with Gasteiger partial charge in [0, 0.05) is 16.1 Å². The Morgan fingerprint density at radius 2 is 1.87 bits per heavy atom. The summed E-state index contributed by atoms with van der Waals surface area (Å²) in [5, 5.41) is 3.54. The molecule has 0 saturated carbocycles. The van der Waals surface area contributed by atoms with Crippen molar-refractivity contribution in [1.82, 2.24) is 5.32 Å². The fraction of sp³-hybridized carbons (Fsp3) is 0.692. The molecule has 0 radical (unpaired) electrons. The molecule has 0 saturated heterocycles. The predicted molar refractivity (Wildman–Crippen MR) is 73.2 cm³/mol. The number of thiol groups is 1. The maximum Gasteiger partial charge on any atom is 0.0312 e. The molecule has 0 aromatic carbocycles. The van der Waals surface area contributed by atoms with Crippen molar-refractivity contribution in [3.8, 4) is 0 Å². The molecule has 0 heterocycles. The van der Waals surface area contributed by atoms with Gasteiger partial charge in [-0.05, 0) is 39.2 Å². The number of rotatable bonds is 6. The third kappa shape index (κ3) is 5.31. The summed E-state index contributed by atoms with van der Waals surface area (Å²) in [4.78, 5) is 0.883. The maximum absolute atomic E-state index is 4.35. The van der Waals surface area contributed by atoms with Crippen molar-refractivity contribution < 1.29 is 0 Å². The molecule has 0 atom stereocenters. The first-order valence-corrected chi connectivity index (χ1v) is 6.15. The molecule has 15 heavy (non-hydrogen) atoms. The molecule has 0 fully saturated rings. The van der Waals surface area contributed by atoms with Crippen molar-refractivity contribution in [3.05, 3.63) is 22.8 Å². The second kappa shape index (κ2) is 6.26. The van der Waals surface area contributed by atoms with E-state index in [4.69, 9.17) is 0 Å². The van der Waals surface area contributed by atoms with Crippen LogP contribution in [0, 0.1) is 0 Å². The van der Waals surface area contributed by atoms with Crippen LogP contribution in [0.3, 0.4) is 0 Å². The second-order valence-corrected chi connectivity index (χ2v) is 5.20. The van der Waals surface area contributed by atoms with Gasteiger partial charge in [0.25, 0.3) is 0 Å². The van der Waals surface area contributed by atoms with E-state index in [1.807, 2.05) is 0 Å². The number of hydrogen-bond donors (Lipinski definition) is 2. The Morgan fingerprint density at radius 3 is 2.20 bits per heavy atom. The third-order valence-corrected chi connectivity index (χ3v) is 2.98. The van der Waals surface area contributed by atoms with Gasteiger partial charge in [0.05, 0.1) is 0 Å². The lowest BCUT2D eigenvalue weighted by atomic mass is 10.00. The first kappa shape index (κ1) is 14.6. The van der Waals surface area contributed by atoms with E-state index in [9.17, 15) is 0 Å². The van der Waals surface area contributed by atoms with Gasteiger partial charge in [-0.15, -0.1) is 12.6 Å². The monoisotopic (exact) mass is 227 g/mol. The van der Waals surface area contributed by atoms with Crippen molar-refractivity contribution in [2.75, 3.05) is 0 Å². The fourth-order valence-electron chi connectivity index (χ4n) is 1.47. The molecule has 0 spiro atoms. The van der Waals surface area contributed by atoms with Crippen LogP contribution in [0.4, 0.5) is 0 Å². The Kier molecular flexibility index (Phi) is 6.11. The van der Waals surface area contributed by atoms with E-state index in [0.29, 0.717) is 0 Å². The van der Waals surface area contributed by atoms with Crippen LogP contribution in [-0.4, -0.2) is 5.54 Å². The zero-order chi connectivity index (χ0) is 12.1. The normalized spacial score (nSPS) is 13.5. The molecule has 0 aromatic heterocycles. The highest BCUT2D eigenvalue weighted by atomic mass is 32.1. The lowest BCUT2D eigenvalue weighted by molar-refractivity contribution is 0.412. The molecule has 88 valence electrons. The summed E-state index contributed by atoms with van der Waals surface area (Å²) < 4.78 is 0. The Hall–Kier alpha value is -0.370. The van der Waals surface area contributed by atoms with Gasteiger partial charge < -0.3 is 5.32 Å². The molecular formula is C13H25NS. The van der Waals surface area contributed by atoms with Crippen LogP contribution in [0.15, 0.2) is 22.8 Å². The highest BCUT2D eigenvalue weighted by Gasteiger charge is 2.15. The fourth-order valence-corrected chi connectivity index (χ4v) is 1.75. The molecule has 1 nitrogen and oxygen atoms in total. The van der Waals surface area contributed by atoms with E-state index in [2.05, 4.69) is 59.1 Å². The number of hydrogen-bond acceptors (Lipinski definition) is 2. The van der Waals surface area contributed by atoms with Crippen LogP contribution in [0.25, 0.3) is 0 Å². The van der Waals surface area contributed by atoms with Crippen molar-refractivity contribution in [1.29, 1.82) is 0 Å². The summed E-state index contributed by atoms with van der Waals surface area (Å²) in [6, 6.07) is 0. The molecule has 0 aliphatic rings. The van der Waals surface area contributed by atoms with E-state index >= 15 is 0 Å². The molecule has 0 amide bonds. The van der Waals surface area contributed by atoms with E-state index in [-0.39, 0.29) is 5.54 Å². The molecule has 0 aromatic rings. The first-order valence-electron chi connectivity index (χ1n) is 5.70. The largest absolute Gasteiger partial charge is 0.383 e. The Morgan fingerprint density at radius 1 is 1.33 bits per heavy atom. The summed E-state index contributed by atoms with van der Waals surface area (Å²) in [5.74, 6) is 0. The Labute approximate surface area is 100 Å². The minimum absolute atomic E-state index is 0.145. The lowest BCUT2D eigenvalue weighted by Gasteiger charge is -2.28. The van der Waals surface area contributed by atoms with Crippen LogP contribution < -0.4 is 5.32 Å². The molecule has 1 N–H and O–H groups in total. The van der Waals surface area contributed by atoms with Crippen molar-refractivity contribution >= 4 is 12.6 Å². The van der Waals surface area contributed by atoms with Gasteiger partial charge in [0.15, 0.2) is 0 Å². The van der Waals surface area contributed by atoms with Gasteiger partial charge in [-0.3, -0.25) is 0 Å². The average molecular weight is 227 g/mol. The van der Waals surface area contributed by atoms with E-state index in [1.165, 1.54) is 11.3 Å². The number of nitrogens with one attached hydrogen (secondary N) is 1. The van der Waals surface area contributed by atoms with Crippen molar-refractivity contribution in [3.63, 3.8) is 0 Å². The smallest absolute Gasteiger partial charge is 0.0312 e. The molecule has 0 bridgehead atoms. The second-order valence-electron chi connectivity index (χ2n) is 4.66. The molecule has 0 aliphatic carbocycles. The Bertz CT molecular complexity index is 251. The quantitative estimate of drug-likeness (QED) is 0.510. The first-order chi connectivity index (χ1) is 6.84. The molecule has 2 heteroatoms. The summed E-state index contributed by atoms with van der Waals surface area (Å²) in [5.41, 5.74) is 2.61. The maximum atomic E-state index is 4.35. The van der Waals surface area contributed by atoms with E-state index in [0.717, 1.165) is 24.2 Å². The summed E-state index contributed by atoms with van der Waals surface area (Å²) in [6.45, 7) is 14.8. The zero-order valence-corrected chi connectivity index (χ0v) is 11.7. The minimum atomic E-state index is 0.145. The van der Waals surface area contributed by atoms with E-state index in [1.54, 1.807) is 0 Å². The zero-order valence-electron chi connectivity index (χ0n) is 10.8. The number of allylic oxidation sites excluding steroid dienone is 2. The van der Waals surface area contributed by atoms with E-state index < -0.39 is 0 Å². The minimum Gasteiger partial charge on any atom is -0.383 e. The van der Waals surface area contributed by atoms with Crippen molar-refractivity contribution in [2.24, 2.45) is 0 Å². The SMILES string of the molecule is C=C(S)/C(CCC)=C(\C)NC(C)(C)CC. The van der Waals surface area contributed by atoms with Crippen molar-refractivity contribution in [2.45, 2.75) is 59.4 Å². The van der Waals surface area contributed by atoms with Gasteiger partial charge in [-0.25, -0.2) is 0 Å². The highest BCUT2D eigenvalue weighted by Crippen LogP contribution is 2.22. The predicted octanol–water partition coefficient (Wildman–Crippen LogP) is 4.28. The van der Waals surface area contributed by atoms with Crippen LogP contribution in [-0.2, 0) is 0 Å². The van der Waals surface area contributed by atoms with Gasteiger partial charge in [-0.2, -0.15) is 0 Å². The molecule has 0 unspecified atom stereocenters. The van der Waals surface area contributed by atoms with Gasteiger partial charge in [0.1, 0.15) is 0 Å². The molecule has 0 rings (SSSR count). The highest BCUT2D eigenvalue weighted by molar-refractivity contribution is 7.84. The third-order valence-electron chi connectivity index (χ3n) is 2.71. The molecular weight excluding hydrogens is 202 g/mol. The van der Waals surface area contributed by atoms with Gasteiger partial charge in [-0.1, -0.05) is 26.8 Å². The standard InChI is InChI=1S/C13H25NS/c1-7-9-12(11(4)15)10(3)14-13(5,6)8-2/h14-15H,4,7-9H2,1-3,5-6H3/b12-10+. The van der Waals surface area contributed by atoms with Crippen LogP contribution in [0.1, 0.15) is 53.9 Å². The topological polar surface area (TPSA) is 12.0 Å². The Balaban J connectivity index is 4.79. The van der Waals surface area contributed by atoms with Gasteiger partial charge >= 0.3 is 0 Å². The van der Waals surface area contributed by atoms with Gasteiger partial charge in [0.2, 0.25) is 0 Å². The van der Waals surface area contributed by atoms with Crippen LogP contribution >= 0.6 is 12.6 Å². The molecule has 0 aliphatic heterocycles. The average Bonchev–Trinajstić information content (AvgIpc) is 2.12. The van der Waals surface area contributed by atoms with Crippen LogP contribution in [0.2, 0.25) is 0 Å². The van der Waals surface area contributed by atoms with Crippen LogP contribution in [0.5, 0.6) is 0 Å². The lowest BCUT2D eigenvalue weighted by Crippen LogP contribution is -2.37. The summed E-state index contributed by atoms with van der Waals surface area (Å²) in [7, 11) is 0.